The van der Waals surface area contributed by atoms with Crippen molar-refractivity contribution in [2.45, 2.75) is 11.3 Å². The summed E-state index contributed by atoms with van der Waals surface area (Å²) in [4.78, 5) is 31.7. The number of carbonyl (C=O) groups excluding carboxylic acids is 1. The van der Waals surface area contributed by atoms with Crippen LogP contribution >= 0.6 is 23.7 Å². The molecule has 1 amide bonds. The van der Waals surface area contributed by atoms with Gasteiger partial charge in [0, 0.05) is 31.5 Å². The van der Waals surface area contributed by atoms with Gasteiger partial charge in [0.15, 0.2) is 15.0 Å². The molecule has 3 rings (SSSR count). The van der Waals surface area contributed by atoms with Gasteiger partial charge in [-0.3, -0.25) is 19.8 Å². The number of rotatable bonds is 8. The summed E-state index contributed by atoms with van der Waals surface area (Å²) in [7, 11) is 0.447. The minimum absolute atomic E-state index is 0. The molecule has 0 saturated carbocycles. The number of hydrogen-bond acceptors (Lipinski definition) is 8. The van der Waals surface area contributed by atoms with Crippen molar-refractivity contribution in [2.24, 2.45) is 0 Å². The number of hydrogen-bond donors (Lipinski definition) is 0. The third kappa shape index (κ3) is 6.22. The van der Waals surface area contributed by atoms with E-state index in [0.717, 1.165) is 6.26 Å². The average molecular weight is 499 g/mol. The van der Waals surface area contributed by atoms with E-state index in [0.29, 0.717) is 34.0 Å². The molecule has 32 heavy (non-hydrogen) atoms. The first-order chi connectivity index (χ1) is 14.5. The van der Waals surface area contributed by atoms with Gasteiger partial charge < -0.3 is 4.90 Å². The highest BCUT2D eigenvalue weighted by molar-refractivity contribution is 7.90. The number of thiazole rings is 1. The molecule has 0 atom stereocenters. The molecule has 0 radical (unpaired) electrons. The molecule has 0 N–H and O–H groups in total. The SMILES string of the molecule is CN(C)CCN(C(=O)Cc1ccc([N+](=O)[O-])cc1)c1nc2ccc(S(C)(=O)=O)cc2s1.Cl. The Labute approximate surface area is 196 Å². The second kappa shape index (κ2) is 10.3. The second-order valence-corrected chi connectivity index (χ2v) is 10.4. The summed E-state index contributed by atoms with van der Waals surface area (Å²) >= 11 is 1.25. The molecular formula is C20H23ClN4O5S2. The molecule has 9 nitrogen and oxygen atoms in total. The van der Waals surface area contributed by atoms with Gasteiger partial charge in [-0.2, -0.15) is 0 Å². The van der Waals surface area contributed by atoms with Crippen LogP contribution in [0.4, 0.5) is 10.8 Å². The van der Waals surface area contributed by atoms with Crippen LogP contribution in [-0.4, -0.2) is 62.6 Å². The molecule has 0 aliphatic heterocycles. The zero-order chi connectivity index (χ0) is 22.8. The topological polar surface area (TPSA) is 114 Å². The molecule has 0 aliphatic rings. The van der Waals surface area contributed by atoms with Crippen LogP contribution < -0.4 is 4.90 Å². The summed E-state index contributed by atoms with van der Waals surface area (Å²) in [6.45, 7) is 1.01. The van der Waals surface area contributed by atoms with Gasteiger partial charge in [-0.25, -0.2) is 13.4 Å². The Morgan fingerprint density at radius 1 is 1.12 bits per heavy atom. The highest BCUT2D eigenvalue weighted by Gasteiger charge is 2.21. The lowest BCUT2D eigenvalue weighted by Crippen LogP contribution is -2.37. The van der Waals surface area contributed by atoms with Crippen LogP contribution in [0, 0.1) is 10.1 Å². The summed E-state index contributed by atoms with van der Waals surface area (Å²) in [6, 6.07) is 10.6. The molecule has 1 aromatic heterocycles. The molecule has 1 heterocycles. The van der Waals surface area contributed by atoms with Gasteiger partial charge in [-0.15, -0.1) is 12.4 Å². The molecule has 172 valence electrons. The van der Waals surface area contributed by atoms with E-state index in [4.69, 9.17) is 0 Å². The maximum atomic E-state index is 13.1. The molecule has 12 heteroatoms. The predicted molar refractivity (Wildman–Crippen MR) is 128 cm³/mol. The number of aromatic nitrogens is 1. The van der Waals surface area contributed by atoms with E-state index in [1.54, 1.807) is 29.2 Å². The molecule has 0 fully saturated rings. The number of non-ortho nitro benzene ring substituents is 1. The molecule has 0 bridgehead atoms. The third-order valence-electron chi connectivity index (χ3n) is 4.58. The van der Waals surface area contributed by atoms with Crippen molar-refractivity contribution in [1.82, 2.24) is 9.88 Å². The van der Waals surface area contributed by atoms with Crippen LogP contribution in [0.2, 0.25) is 0 Å². The Balaban J connectivity index is 0.00000363. The first-order valence-corrected chi connectivity index (χ1v) is 12.0. The van der Waals surface area contributed by atoms with Crippen molar-refractivity contribution < 1.29 is 18.1 Å². The number of fused-ring (bicyclic) bond motifs is 1. The van der Waals surface area contributed by atoms with Gasteiger partial charge in [0.1, 0.15) is 0 Å². The number of nitro groups is 1. The van der Waals surface area contributed by atoms with Crippen LogP contribution in [0.3, 0.4) is 0 Å². The lowest BCUT2D eigenvalue weighted by atomic mass is 10.1. The van der Waals surface area contributed by atoms with Crippen LogP contribution in [0.15, 0.2) is 47.4 Å². The van der Waals surface area contributed by atoms with E-state index in [1.807, 2.05) is 19.0 Å². The molecule has 0 saturated heterocycles. The minimum atomic E-state index is -3.35. The van der Waals surface area contributed by atoms with E-state index in [1.165, 1.54) is 29.5 Å². The fourth-order valence-electron chi connectivity index (χ4n) is 2.87. The van der Waals surface area contributed by atoms with E-state index >= 15 is 0 Å². The number of nitrogens with zero attached hydrogens (tertiary/aromatic N) is 4. The Hall–Kier alpha value is -2.60. The Kier molecular flexibility index (Phi) is 8.29. The number of halogens is 1. The van der Waals surface area contributed by atoms with Gasteiger partial charge in [-0.1, -0.05) is 23.5 Å². The number of amides is 1. The maximum absolute atomic E-state index is 13.1. The first-order valence-electron chi connectivity index (χ1n) is 9.33. The molecular weight excluding hydrogens is 476 g/mol. The third-order valence-corrected chi connectivity index (χ3v) is 6.73. The van der Waals surface area contributed by atoms with Crippen molar-refractivity contribution in [3.05, 3.63) is 58.1 Å². The first kappa shape index (κ1) is 25.7. The normalized spacial score (nSPS) is 11.4. The second-order valence-electron chi connectivity index (χ2n) is 7.35. The molecule has 3 aromatic rings. The van der Waals surface area contributed by atoms with Crippen LogP contribution in [0.5, 0.6) is 0 Å². The number of nitro benzene ring substituents is 1. The number of anilines is 1. The Morgan fingerprint density at radius 3 is 2.34 bits per heavy atom. The fourth-order valence-corrected chi connectivity index (χ4v) is 4.64. The number of carbonyl (C=O) groups is 1. The monoisotopic (exact) mass is 498 g/mol. The van der Waals surface area contributed by atoms with Crippen molar-refractivity contribution in [3.63, 3.8) is 0 Å². The fraction of sp³-hybridized carbons (Fsp3) is 0.300. The maximum Gasteiger partial charge on any atom is 0.269 e. The number of likely N-dealkylation sites (N-methyl/N-ethyl adjacent to an activating group) is 1. The van der Waals surface area contributed by atoms with Crippen LogP contribution in [0.25, 0.3) is 10.2 Å². The van der Waals surface area contributed by atoms with Gasteiger partial charge >= 0.3 is 0 Å². The lowest BCUT2D eigenvalue weighted by Gasteiger charge is -2.22. The smallest absolute Gasteiger partial charge is 0.269 e. The highest BCUT2D eigenvalue weighted by Crippen LogP contribution is 2.31. The quantitative estimate of drug-likeness (QED) is 0.346. The van der Waals surface area contributed by atoms with Crippen molar-refractivity contribution in [1.29, 1.82) is 0 Å². The summed E-state index contributed by atoms with van der Waals surface area (Å²) in [6.07, 6.45) is 1.21. The summed E-state index contributed by atoms with van der Waals surface area (Å²) in [5.74, 6) is -0.196. The van der Waals surface area contributed by atoms with Gasteiger partial charge in [0.25, 0.3) is 5.69 Å². The van der Waals surface area contributed by atoms with Crippen LogP contribution in [-0.2, 0) is 21.1 Å². The number of benzene rings is 2. The van der Waals surface area contributed by atoms with E-state index < -0.39 is 14.8 Å². The highest BCUT2D eigenvalue weighted by atomic mass is 35.5. The van der Waals surface area contributed by atoms with Gasteiger partial charge in [0.2, 0.25) is 5.91 Å². The molecule has 2 aromatic carbocycles. The standard InChI is InChI=1S/C20H22N4O5S2.ClH/c1-22(2)10-11-23(19(25)12-14-4-6-15(7-5-14)24(26)27)20-21-17-9-8-16(31(3,28)29)13-18(17)30-20;/h4-9,13H,10-12H2,1-3H3;1H. The summed E-state index contributed by atoms with van der Waals surface area (Å²) in [5.41, 5.74) is 1.24. The molecule has 0 unspecified atom stereocenters. The van der Waals surface area contributed by atoms with Crippen molar-refractivity contribution in [2.75, 3.05) is 38.3 Å². The largest absolute Gasteiger partial charge is 0.308 e. The average Bonchev–Trinajstić information content (AvgIpc) is 3.10. The van der Waals surface area contributed by atoms with Gasteiger partial charge in [0.05, 0.1) is 26.5 Å². The zero-order valence-corrected chi connectivity index (χ0v) is 20.2. The van der Waals surface area contributed by atoms with E-state index in [2.05, 4.69) is 4.98 Å². The van der Waals surface area contributed by atoms with E-state index in [-0.39, 0.29) is 35.3 Å². The van der Waals surface area contributed by atoms with Crippen molar-refractivity contribution >= 4 is 60.5 Å². The van der Waals surface area contributed by atoms with Crippen molar-refractivity contribution in [3.8, 4) is 0 Å². The Morgan fingerprint density at radius 2 is 1.78 bits per heavy atom. The molecule has 0 aliphatic carbocycles. The zero-order valence-electron chi connectivity index (χ0n) is 17.7. The molecule has 0 spiro atoms. The summed E-state index contributed by atoms with van der Waals surface area (Å²) in [5, 5.41) is 11.3. The predicted octanol–water partition coefficient (Wildman–Crippen LogP) is 3.17. The van der Waals surface area contributed by atoms with Crippen LogP contribution in [0.1, 0.15) is 5.56 Å². The summed E-state index contributed by atoms with van der Waals surface area (Å²) < 4.78 is 24.4. The number of sulfone groups is 1. The van der Waals surface area contributed by atoms with Gasteiger partial charge in [-0.05, 0) is 37.9 Å². The van der Waals surface area contributed by atoms with E-state index in [9.17, 15) is 23.3 Å². The Bertz CT molecular complexity index is 1230. The minimum Gasteiger partial charge on any atom is -0.308 e. The lowest BCUT2D eigenvalue weighted by molar-refractivity contribution is -0.384.